The third kappa shape index (κ3) is 2.94. The zero-order chi connectivity index (χ0) is 13.1. The molecule has 5 nitrogen and oxygen atoms in total. The number of nitrogens with one attached hydrogen (secondary N) is 1. The summed E-state index contributed by atoms with van der Waals surface area (Å²) in [5, 5.41) is 16.9. The molecule has 0 amide bonds. The number of aliphatic hydroxyl groups excluding tert-OH is 1. The van der Waals surface area contributed by atoms with Crippen LogP contribution in [0.5, 0.6) is 5.75 Å². The van der Waals surface area contributed by atoms with E-state index < -0.39 is 6.10 Å². The first kappa shape index (κ1) is 12.2. The van der Waals surface area contributed by atoms with Crippen molar-refractivity contribution in [3.8, 4) is 5.75 Å². The first-order valence-corrected chi connectivity index (χ1v) is 6.41. The van der Waals surface area contributed by atoms with Gasteiger partial charge in [-0.25, -0.2) is 0 Å². The van der Waals surface area contributed by atoms with Crippen LogP contribution in [0.4, 0.5) is 0 Å². The maximum atomic E-state index is 10.1. The molecule has 0 bridgehead atoms. The van der Waals surface area contributed by atoms with Gasteiger partial charge in [-0.1, -0.05) is 18.2 Å². The highest BCUT2D eigenvalue weighted by Crippen LogP contribution is 2.19. The topological polar surface area (TPSA) is 61.4 Å². The highest BCUT2D eigenvalue weighted by atomic mass is 16.5. The Morgan fingerprint density at radius 1 is 1.26 bits per heavy atom. The van der Waals surface area contributed by atoms with E-state index in [1.54, 1.807) is 6.20 Å². The number of H-pyrrole nitrogens is 1. The lowest BCUT2D eigenvalue weighted by atomic mass is 10.2. The summed E-state index contributed by atoms with van der Waals surface area (Å²) < 4.78 is 5.82. The molecule has 0 saturated carbocycles. The number of nitrogens with zero attached hydrogens (tertiary/aromatic N) is 2. The number of aromatic amines is 1. The number of aliphatic hydroxyl groups is 1. The van der Waals surface area contributed by atoms with Gasteiger partial charge in [0.05, 0.1) is 0 Å². The van der Waals surface area contributed by atoms with Gasteiger partial charge in [-0.3, -0.25) is 10.00 Å². The van der Waals surface area contributed by atoms with Gasteiger partial charge in [0, 0.05) is 31.5 Å². The summed E-state index contributed by atoms with van der Waals surface area (Å²) in [6, 6.07) is 11.6. The van der Waals surface area contributed by atoms with Gasteiger partial charge in [0.15, 0.2) is 0 Å². The number of benzene rings is 1. The SMILES string of the molecule is O[C@@H]1CN(Cc2ccn[nH]2)C[C@H]1Oc1ccccc1. The number of rotatable bonds is 4. The molecule has 0 spiro atoms. The van der Waals surface area contributed by atoms with E-state index in [0.717, 1.165) is 24.5 Å². The highest BCUT2D eigenvalue weighted by molar-refractivity contribution is 5.21. The molecule has 0 radical (unpaired) electrons. The van der Waals surface area contributed by atoms with Gasteiger partial charge >= 0.3 is 0 Å². The first-order chi connectivity index (χ1) is 9.31. The summed E-state index contributed by atoms with van der Waals surface area (Å²) in [5.41, 5.74) is 1.05. The maximum absolute atomic E-state index is 10.1. The molecule has 5 heteroatoms. The molecule has 2 heterocycles. The van der Waals surface area contributed by atoms with Crippen LogP contribution in [0.1, 0.15) is 5.69 Å². The minimum atomic E-state index is -0.455. The van der Waals surface area contributed by atoms with E-state index in [1.165, 1.54) is 0 Å². The molecule has 0 unspecified atom stereocenters. The van der Waals surface area contributed by atoms with Gasteiger partial charge in [-0.2, -0.15) is 5.10 Å². The van der Waals surface area contributed by atoms with Crippen molar-refractivity contribution >= 4 is 0 Å². The Labute approximate surface area is 111 Å². The number of likely N-dealkylation sites (tertiary alicyclic amines) is 1. The predicted molar refractivity (Wildman–Crippen MR) is 70.7 cm³/mol. The molecule has 19 heavy (non-hydrogen) atoms. The van der Waals surface area contributed by atoms with Gasteiger partial charge < -0.3 is 9.84 Å². The van der Waals surface area contributed by atoms with Crippen LogP contribution in [-0.4, -0.2) is 45.5 Å². The maximum Gasteiger partial charge on any atom is 0.138 e. The third-order valence-corrected chi connectivity index (χ3v) is 3.30. The van der Waals surface area contributed by atoms with E-state index in [1.807, 2.05) is 36.4 Å². The minimum absolute atomic E-state index is 0.176. The predicted octanol–water partition coefficient (Wildman–Crippen LogP) is 1.03. The lowest BCUT2D eigenvalue weighted by molar-refractivity contribution is 0.0737. The lowest BCUT2D eigenvalue weighted by Gasteiger charge is -2.16. The Kier molecular flexibility index (Phi) is 3.48. The van der Waals surface area contributed by atoms with E-state index in [0.29, 0.717) is 6.54 Å². The van der Waals surface area contributed by atoms with Crippen molar-refractivity contribution in [3.05, 3.63) is 48.3 Å². The first-order valence-electron chi connectivity index (χ1n) is 6.41. The number of hydrogen-bond acceptors (Lipinski definition) is 4. The molecular weight excluding hydrogens is 242 g/mol. The van der Waals surface area contributed by atoms with Crippen LogP contribution in [0.15, 0.2) is 42.6 Å². The van der Waals surface area contributed by atoms with Crippen LogP contribution in [0.3, 0.4) is 0 Å². The molecule has 0 aliphatic carbocycles. The largest absolute Gasteiger partial charge is 0.486 e. The fraction of sp³-hybridized carbons (Fsp3) is 0.357. The van der Waals surface area contributed by atoms with E-state index in [-0.39, 0.29) is 6.10 Å². The number of para-hydroxylation sites is 1. The van der Waals surface area contributed by atoms with Gasteiger partial charge in [0.25, 0.3) is 0 Å². The summed E-state index contributed by atoms with van der Waals surface area (Å²) in [7, 11) is 0. The standard InChI is InChI=1S/C14H17N3O2/c18-13-9-17(8-11-6-7-15-16-11)10-14(13)19-12-4-2-1-3-5-12/h1-7,13-14,18H,8-10H2,(H,15,16)/t13-,14-/m1/s1. The number of aromatic nitrogens is 2. The molecule has 100 valence electrons. The molecule has 2 N–H and O–H groups in total. The highest BCUT2D eigenvalue weighted by Gasteiger charge is 2.33. The summed E-state index contributed by atoms with van der Waals surface area (Å²) in [6.07, 6.45) is 1.10. The smallest absolute Gasteiger partial charge is 0.138 e. The zero-order valence-corrected chi connectivity index (χ0v) is 10.6. The third-order valence-electron chi connectivity index (χ3n) is 3.30. The van der Waals surface area contributed by atoms with Crippen LogP contribution in [0.25, 0.3) is 0 Å². The molecule has 3 rings (SSSR count). The second kappa shape index (κ2) is 5.42. The van der Waals surface area contributed by atoms with E-state index in [2.05, 4.69) is 15.1 Å². The molecule has 1 fully saturated rings. The van der Waals surface area contributed by atoms with E-state index in [9.17, 15) is 5.11 Å². The lowest BCUT2D eigenvalue weighted by Crippen LogP contribution is -2.29. The Balaban J connectivity index is 1.59. The van der Waals surface area contributed by atoms with Crippen molar-refractivity contribution in [3.63, 3.8) is 0 Å². The van der Waals surface area contributed by atoms with Gasteiger partial charge in [-0.05, 0) is 18.2 Å². The molecule has 1 saturated heterocycles. The summed E-state index contributed by atoms with van der Waals surface area (Å²) in [6.45, 7) is 2.09. The number of ether oxygens (including phenoxy) is 1. The van der Waals surface area contributed by atoms with Crippen molar-refractivity contribution < 1.29 is 9.84 Å². The Bertz CT molecular complexity index is 501. The van der Waals surface area contributed by atoms with Crippen LogP contribution < -0.4 is 4.74 Å². The van der Waals surface area contributed by atoms with Crippen LogP contribution >= 0.6 is 0 Å². The Morgan fingerprint density at radius 2 is 2.11 bits per heavy atom. The van der Waals surface area contributed by atoms with Crippen molar-refractivity contribution in [1.29, 1.82) is 0 Å². The number of β-amino-alcohol motifs (C(OH)–C–C–N with tert-alkyl or cyclic N) is 1. The zero-order valence-electron chi connectivity index (χ0n) is 10.6. The Hall–Kier alpha value is -1.85. The number of hydrogen-bond donors (Lipinski definition) is 2. The van der Waals surface area contributed by atoms with Crippen molar-refractivity contribution in [2.45, 2.75) is 18.8 Å². The summed E-state index contributed by atoms with van der Waals surface area (Å²) in [5.74, 6) is 0.801. The monoisotopic (exact) mass is 259 g/mol. The van der Waals surface area contributed by atoms with Crippen molar-refractivity contribution in [2.75, 3.05) is 13.1 Å². The fourth-order valence-corrected chi connectivity index (χ4v) is 2.37. The van der Waals surface area contributed by atoms with Crippen molar-refractivity contribution in [2.24, 2.45) is 0 Å². The molecule has 2 atom stereocenters. The molecule has 1 aliphatic rings. The second-order valence-electron chi connectivity index (χ2n) is 4.81. The second-order valence-corrected chi connectivity index (χ2v) is 4.81. The van der Waals surface area contributed by atoms with Crippen LogP contribution in [0.2, 0.25) is 0 Å². The van der Waals surface area contributed by atoms with Crippen LogP contribution in [0, 0.1) is 0 Å². The molecule has 1 aromatic heterocycles. The Morgan fingerprint density at radius 3 is 2.84 bits per heavy atom. The fourth-order valence-electron chi connectivity index (χ4n) is 2.37. The molecule has 1 aliphatic heterocycles. The average Bonchev–Trinajstić information content (AvgIpc) is 3.02. The van der Waals surface area contributed by atoms with Gasteiger partial charge in [0.1, 0.15) is 18.0 Å². The molecule has 1 aromatic carbocycles. The summed E-state index contributed by atoms with van der Waals surface area (Å²) >= 11 is 0. The quantitative estimate of drug-likeness (QED) is 0.861. The molecule has 2 aromatic rings. The summed E-state index contributed by atoms with van der Waals surface area (Å²) in [4.78, 5) is 2.16. The van der Waals surface area contributed by atoms with E-state index >= 15 is 0 Å². The van der Waals surface area contributed by atoms with Crippen LogP contribution in [-0.2, 0) is 6.54 Å². The average molecular weight is 259 g/mol. The van der Waals surface area contributed by atoms with Gasteiger partial charge in [-0.15, -0.1) is 0 Å². The normalized spacial score (nSPS) is 23.6. The minimum Gasteiger partial charge on any atom is -0.486 e. The van der Waals surface area contributed by atoms with E-state index in [4.69, 9.17) is 4.74 Å². The molecular formula is C14H17N3O2. The van der Waals surface area contributed by atoms with Gasteiger partial charge in [0.2, 0.25) is 0 Å². The van der Waals surface area contributed by atoms with Crippen molar-refractivity contribution in [1.82, 2.24) is 15.1 Å².